The third-order valence-corrected chi connectivity index (χ3v) is 7.24. The normalized spacial score (nSPS) is 11.0. The molecule has 0 saturated heterocycles. The maximum atomic E-state index is 12.4. The highest BCUT2D eigenvalue weighted by atomic mass is 32.2. The molecule has 1 amide bonds. The van der Waals surface area contributed by atoms with Crippen molar-refractivity contribution in [2.45, 2.75) is 50.4 Å². The first-order valence-electron chi connectivity index (χ1n) is 11.4. The predicted molar refractivity (Wildman–Crippen MR) is 137 cm³/mol. The number of unbranched alkanes of at least 4 members (excludes halogenated alkanes) is 3. The molecule has 0 radical (unpaired) electrons. The summed E-state index contributed by atoms with van der Waals surface area (Å²) < 4.78 is 2.04. The van der Waals surface area contributed by atoms with E-state index in [4.69, 9.17) is 0 Å². The lowest BCUT2D eigenvalue weighted by molar-refractivity contribution is 0.0948. The maximum Gasteiger partial charge on any atom is 0.270 e. The molecule has 0 aliphatic rings. The molecule has 3 heterocycles. The van der Waals surface area contributed by atoms with E-state index in [1.165, 1.54) is 29.7 Å². The van der Waals surface area contributed by atoms with Gasteiger partial charge in [0.25, 0.3) is 5.91 Å². The van der Waals surface area contributed by atoms with E-state index in [1.807, 2.05) is 22.1 Å². The molecule has 4 aromatic rings. The van der Waals surface area contributed by atoms with Crippen molar-refractivity contribution in [3.63, 3.8) is 0 Å². The summed E-state index contributed by atoms with van der Waals surface area (Å²) in [6, 6.07) is 12.1. The van der Waals surface area contributed by atoms with E-state index in [1.54, 1.807) is 24.2 Å². The van der Waals surface area contributed by atoms with Gasteiger partial charge >= 0.3 is 0 Å². The molecule has 4 rings (SSSR count). The third kappa shape index (κ3) is 6.09. The third-order valence-electron chi connectivity index (χ3n) is 5.27. The molecule has 176 valence electrons. The molecule has 0 aliphatic carbocycles. The van der Waals surface area contributed by atoms with E-state index in [0.717, 1.165) is 40.1 Å². The highest BCUT2D eigenvalue weighted by molar-refractivity contribution is 7.98. The predicted octanol–water partition coefficient (Wildman–Crippen LogP) is 5.70. The number of benzene rings is 1. The molecule has 7 nitrogen and oxygen atoms in total. The Hall–Kier alpha value is -3.04. The largest absolute Gasteiger partial charge is 0.351 e. The van der Waals surface area contributed by atoms with Gasteiger partial charge in [0, 0.05) is 35.6 Å². The van der Waals surface area contributed by atoms with E-state index in [0.29, 0.717) is 18.0 Å². The van der Waals surface area contributed by atoms with Crippen molar-refractivity contribution < 1.29 is 4.79 Å². The highest BCUT2D eigenvalue weighted by Crippen LogP contribution is 2.30. The zero-order valence-electron chi connectivity index (χ0n) is 19.4. The van der Waals surface area contributed by atoms with Crippen LogP contribution in [0.5, 0.6) is 0 Å². The standard InChI is InChI=1S/C25H28N6OS2/c1-3-4-5-6-14-27-24(32)21-16-33-22(28-21)17-34-25-30-29-23(19-8-7-13-26-15-19)31(25)20-11-9-18(2)10-12-20/h7-13,15-16H,3-6,14,17H2,1-2H3,(H,27,32). The summed E-state index contributed by atoms with van der Waals surface area (Å²) in [5.41, 5.74) is 3.55. The van der Waals surface area contributed by atoms with Crippen molar-refractivity contribution in [1.82, 2.24) is 30.0 Å². The number of amides is 1. The van der Waals surface area contributed by atoms with Gasteiger partial charge in [0.1, 0.15) is 10.7 Å². The number of thioether (sulfide) groups is 1. The van der Waals surface area contributed by atoms with E-state index in [9.17, 15) is 4.79 Å². The van der Waals surface area contributed by atoms with Gasteiger partial charge in [-0.2, -0.15) is 0 Å². The van der Waals surface area contributed by atoms with Crippen LogP contribution in [0.2, 0.25) is 0 Å². The number of pyridine rings is 1. The van der Waals surface area contributed by atoms with E-state index in [-0.39, 0.29) is 5.91 Å². The van der Waals surface area contributed by atoms with Gasteiger partial charge in [0.15, 0.2) is 11.0 Å². The number of nitrogens with one attached hydrogen (secondary N) is 1. The van der Waals surface area contributed by atoms with Gasteiger partial charge in [-0.15, -0.1) is 21.5 Å². The lowest BCUT2D eigenvalue weighted by atomic mass is 10.2. The summed E-state index contributed by atoms with van der Waals surface area (Å²) in [4.78, 5) is 21.2. The van der Waals surface area contributed by atoms with Gasteiger partial charge in [-0.05, 0) is 37.6 Å². The van der Waals surface area contributed by atoms with Gasteiger partial charge in [-0.25, -0.2) is 4.98 Å². The summed E-state index contributed by atoms with van der Waals surface area (Å²) in [6.07, 6.45) is 8.05. The quantitative estimate of drug-likeness (QED) is 0.214. The van der Waals surface area contributed by atoms with Crippen LogP contribution < -0.4 is 5.32 Å². The number of thiazole rings is 1. The molecule has 0 atom stereocenters. The van der Waals surface area contributed by atoms with Crippen LogP contribution in [0.4, 0.5) is 0 Å². The maximum absolute atomic E-state index is 12.4. The number of nitrogens with zero attached hydrogens (tertiary/aromatic N) is 5. The topological polar surface area (TPSA) is 85.6 Å². The second-order valence-corrected chi connectivity index (χ2v) is 9.84. The first-order chi connectivity index (χ1) is 16.7. The van der Waals surface area contributed by atoms with Crippen molar-refractivity contribution in [2.75, 3.05) is 6.54 Å². The number of hydrogen-bond acceptors (Lipinski definition) is 7. The van der Waals surface area contributed by atoms with Crippen LogP contribution in [0, 0.1) is 6.92 Å². The number of hydrogen-bond donors (Lipinski definition) is 1. The fraction of sp³-hybridized carbons (Fsp3) is 0.320. The van der Waals surface area contributed by atoms with Crippen LogP contribution in [0.15, 0.2) is 59.3 Å². The number of carbonyl (C=O) groups excluding carboxylic acids is 1. The smallest absolute Gasteiger partial charge is 0.270 e. The SMILES string of the molecule is CCCCCCNC(=O)c1csc(CSc2nnc(-c3cccnc3)n2-c2ccc(C)cc2)n1. The molecule has 0 spiro atoms. The van der Waals surface area contributed by atoms with Crippen LogP contribution in [0.1, 0.15) is 53.7 Å². The Labute approximate surface area is 208 Å². The number of aryl methyl sites for hydroxylation is 1. The second kappa shape index (κ2) is 11.9. The van der Waals surface area contributed by atoms with Crippen LogP contribution in [0.25, 0.3) is 17.1 Å². The Morgan fingerprint density at radius 1 is 1.12 bits per heavy atom. The first-order valence-corrected chi connectivity index (χ1v) is 13.3. The Bertz CT molecular complexity index is 1200. The summed E-state index contributed by atoms with van der Waals surface area (Å²) in [7, 11) is 0. The Morgan fingerprint density at radius 3 is 2.74 bits per heavy atom. The molecule has 34 heavy (non-hydrogen) atoms. The molecular formula is C25H28N6OS2. The molecule has 1 N–H and O–H groups in total. The number of carbonyl (C=O) groups is 1. The minimum Gasteiger partial charge on any atom is -0.351 e. The van der Waals surface area contributed by atoms with Crippen molar-refractivity contribution in [2.24, 2.45) is 0 Å². The fourth-order valence-corrected chi connectivity index (χ4v) is 5.17. The van der Waals surface area contributed by atoms with Crippen molar-refractivity contribution in [3.05, 3.63) is 70.4 Å². The minimum atomic E-state index is -0.106. The summed E-state index contributed by atoms with van der Waals surface area (Å²) in [6.45, 7) is 4.93. The van der Waals surface area contributed by atoms with Crippen LogP contribution >= 0.6 is 23.1 Å². The second-order valence-electron chi connectivity index (χ2n) is 7.95. The summed E-state index contributed by atoms with van der Waals surface area (Å²) in [5.74, 6) is 1.23. The summed E-state index contributed by atoms with van der Waals surface area (Å²) >= 11 is 3.04. The van der Waals surface area contributed by atoms with Gasteiger partial charge < -0.3 is 5.32 Å². The van der Waals surface area contributed by atoms with Gasteiger partial charge in [0.2, 0.25) is 0 Å². The molecular weight excluding hydrogens is 464 g/mol. The first kappa shape index (κ1) is 24.1. The molecule has 9 heteroatoms. The molecule has 0 unspecified atom stereocenters. The minimum absolute atomic E-state index is 0.106. The molecule has 0 saturated carbocycles. The Balaban J connectivity index is 1.47. The Morgan fingerprint density at radius 2 is 1.97 bits per heavy atom. The Kier molecular flexibility index (Phi) is 8.43. The van der Waals surface area contributed by atoms with E-state index < -0.39 is 0 Å². The zero-order chi connectivity index (χ0) is 23.8. The molecule has 1 aromatic carbocycles. The van der Waals surface area contributed by atoms with Gasteiger partial charge in [-0.1, -0.05) is 55.6 Å². The molecule has 3 aromatic heterocycles. The lowest BCUT2D eigenvalue weighted by Crippen LogP contribution is -2.24. The monoisotopic (exact) mass is 492 g/mol. The van der Waals surface area contributed by atoms with Gasteiger partial charge in [0.05, 0.1) is 5.75 Å². The van der Waals surface area contributed by atoms with Crippen LogP contribution in [-0.2, 0) is 5.75 Å². The van der Waals surface area contributed by atoms with Crippen molar-refractivity contribution in [3.8, 4) is 17.1 Å². The highest BCUT2D eigenvalue weighted by Gasteiger charge is 2.18. The molecule has 0 fully saturated rings. The number of aromatic nitrogens is 5. The fourth-order valence-electron chi connectivity index (χ4n) is 3.42. The van der Waals surface area contributed by atoms with Crippen molar-refractivity contribution in [1.29, 1.82) is 0 Å². The van der Waals surface area contributed by atoms with Crippen LogP contribution in [-0.4, -0.2) is 37.2 Å². The van der Waals surface area contributed by atoms with Gasteiger partial charge in [-0.3, -0.25) is 14.3 Å². The van der Waals surface area contributed by atoms with Crippen LogP contribution in [0.3, 0.4) is 0 Å². The number of rotatable bonds is 11. The average molecular weight is 493 g/mol. The van der Waals surface area contributed by atoms with E-state index in [2.05, 4.69) is 63.6 Å². The molecule has 0 aliphatic heterocycles. The lowest BCUT2D eigenvalue weighted by Gasteiger charge is -2.10. The van der Waals surface area contributed by atoms with Crippen molar-refractivity contribution >= 4 is 29.0 Å². The zero-order valence-corrected chi connectivity index (χ0v) is 21.0. The average Bonchev–Trinajstić information content (AvgIpc) is 3.51. The summed E-state index contributed by atoms with van der Waals surface area (Å²) in [5, 5.41) is 15.3. The molecule has 0 bridgehead atoms. The van der Waals surface area contributed by atoms with E-state index >= 15 is 0 Å².